The van der Waals surface area contributed by atoms with Crippen LogP contribution in [0.15, 0.2) is 12.1 Å². The molecule has 5 heteroatoms. The topological polar surface area (TPSA) is 52.7 Å². The van der Waals surface area contributed by atoms with Gasteiger partial charge in [-0.05, 0) is 57.7 Å². The maximum Gasteiger partial charge on any atom is 0.238 e. The molecule has 138 valence electrons. The van der Waals surface area contributed by atoms with Crippen LogP contribution in [0.3, 0.4) is 0 Å². The van der Waals surface area contributed by atoms with Gasteiger partial charge in [0.15, 0.2) is 0 Å². The number of aryl methyl sites for hydroxylation is 3. The van der Waals surface area contributed by atoms with E-state index in [1.165, 1.54) is 5.56 Å². The highest BCUT2D eigenvalue weighted by Gasteiger charge is 2.21. The molecule has 0 bridgehead atoms. The average Bonchev–Trinajstić information content (AvgIpc) is 2.51. The van der Waals surface area contributed by atoms with Crippen molar-refractivity contribution < 1.29 is 9.59 Å². The van der Waals surface area contributed by atoms with E-state index in [0.717, 1.165) is 42.7 Å². The summed E-state index contributed by atoms with van der Waals surface area (Å²) in [6.45, 7) is 10.4. The van der Waals surface area contributed by atoms with E-state index < -0.39 is 0 Å². The van der Waals surface area contributed by atoms with Gasteiger partial charge in [-0.2, -0.15) is 0 Å². The highest BCUT2D eigenvalue weighted by molar-refractivity contribution is 5.94. The minimum Gasteiger partial charge on any atom is -0.342 e. The molecule has 1 heterocycles. The van der Waals surface area contributed by atoms with Gasteiger partial charge in [-0.15, -0.1) is 0 Å². The van der Waals surface area contributed by atoms with Crippen molar-refractivity contribution in [1.82, 2.24) is 9.80 Å². The summed E-state index contributed by atoms with van der Waals surface area (Å²) >= 11 is 0. The molecule has 0 aliphatic carbocycles. The molecule has 1 fully saturated rings. The Morgan fingerprint density at radius 1 is 1.12 bits per heavy atom. The number of anilines is 1. The van der Waals surface area contributed by atoms with Gasteiger partial charge in [-0.25, -0.2) is 0 Å². The predicted octanol–water partition coefficient (Wildman–Crippen LogP) is 2.74. The van der Waals surface area contributed by atoms with Gasteiger partial charge >= 0.3 is 0 Å². The van der Waals surface area contributed by atoms with E-state index in [9.17, 15) is 9.59 Å². The molecular formula is C20H31N3O2. The second-order valence-electron chi connectivity index (χ2n) is 7.56. The van der Waals surface area contributed by atoms with Crippen LogP contribution in [0.4, 0.5) is 5.69 Å². The third-order valence-electron chi connectivity index (χ3n) is 4.90. The molecular weight excluding hydrogens is 314 g/mol. The number of amides is 2. The smallest absolute Gasteiger partial charge is 0.238 e. The van der Waals surface area contributed by atoms with Crippen LogP contribution in [-0.4, -0.2) is 54.8 Å². The van der Waals surface area contributed by atoms with Gasteiger partial charge < -0.3 is 10.2 Å². The zero-order valence-corrected chi connectivity index (χ0v) is 16.2. The molecule has 25 heavy (non-hydrogen) atoms. The molecule has 0 radical (unpaired) electrons. The Morgan fingerprint density at radius 3 is 2.24 bits per heavy atom. The average molecular weight is 345 g/mol. The molecule has 1 aliphatic rings. The first-order valence-electron chi connectivity index (χ1n) is 9.10. The number of nitrogens with one attached hydrogen (secondary N) is 1. The summed E-state index contributed by atoms with van der Waals surface area (Å²) in [5.74, 6) is 0.732. The molecule has 1 aromatic rings. The fourth-order valence-electron chi connectivity index (χ4n) is 3.45. The number of carbonyl (C=O) groups excluding carboxylic acids is 2. The Morgan fingerprint density at radius 2 is 1.68 bits per heavy atom. The standard InChI is InChI=1S/C20H31N3O2/c1-14-6-8-23(9-7-14)19(25)13-22(5)12-18(24)21-20-16(3)10-15(2)11-17(20)4/h10-11,14H,6-9,12-13H2,1-5H3,(H,21,24). The van der Waals surface area contributed by atoms with Crippen LogP contribution in [0.1, 0.15) is 36.5 Å². The molecule has 0 spiro atoms. The van der Waals surface area contributed by atoms with E-state index in [1.54, 1.807) is 4.90 Å². The van der Waals surface area contributed by atoms with Crippen molar-refractivity contribution in [2.75, 3.05) is 38.5 Å². The van der Waals surface area contributed by atoms with Crippen molar-refractivity contribution in [1.29, 1.82) is 0 Å². The second-order valence-corrected chi connectivity index (χ2v) is 7.56. The highest BCUT2D eigenvalue weighted by atomic mass is 16.2. The number of likely N-dealkylation sites (tertiary alicyclic amines) is 1. The fraction of sp³-hybridized carbons (Fsp3) is 0.600. The summed E-state index contributed by atoms with van der Waals surface area (Å²) in [7, 11) is 1.82. The number of piperidine rings is 1. The molecule has 5 nitrogen and oxygen atoms in total. The van der Waals surface area contributed by atoms with Gasteiger partial charge in [0.25, 0.3) is 0 Å². The van der Waals surface area contributed by atoms with Crippen LogP contribution in [0.5, 0.6) is 0 Å². The minimum absolute atomic E-state index is 0.0855. The van der Waals surface area contributed by atoms with Crippen molar-refractivity contribution in [3.8, 4) is 0 Å². The normalized spacial score (nSPS) is 15.5. The monoisotopic (exact) mass is 345 g/mol. The van der Waals surface area contributed by atoms with Gasteiger partial charge in [0.1, 0.15) is 0 Å². The van der Waals surface area contributed by atoms with Gasteiger partial charge in [0, 0.05) is 18.8 Å². The number of hydrogen-bond donors (Lipinski definition) is 1. The van der Waals surface area contributed by atoms with Crippen molar-refractivity contribution >= 4 is 17.5 Å². The van der Waals surface area contributed by atoms with Crippen molar-refractivity contribution in [3.05, 3.63) is 28.8 Å². The molecule has 1 aromatic carbocycles. The quantitative estimate of drug-likeness (QED) is 0.893. The predicted molar refractivity (Wildman–Crippen MR) is 102 cm³/mol. The lowest BCUT2D eigenvalue weighted by atomic mass is 9.99. The van der Waals surface area contributed by atoms with Crippen molar-refractivity contribution in [3.63, 3.8) is 0 Å². The maximum absolute atomic E-state index is 12.4. The van der Waals surface area contributed by atoms with E-state index >= 15 is 0 Å². The number of likely N-dealkylation sites (N-methyl/N-ethyl adjacent to an activating group) is 1. The third kappa shape index (κ3) is 5.56. The Bertz CT molecular complexity index is 611. The first-order chi connectivity index (χ1) is 11.8. The van der Waals surface area contributed by atoms with Crippen LogP contribution < -0.4 is 5.32 Å². The lowest BCUT2D eigenvalue weighted by Crippen LogP contribution is -2.44. The molecule has 1 aliphatic heterocycles. The largest absolute Gasteiger partial charge is 0.342 e. The Balaban J connectivity index is 1.85. The molecule has 0 aromatic heterocycles. The Hall–Kier alpha value is -1.88. The van der Waals surface area contributed by atoms with Crippen LogP contribution in [-0.2, 0) is 9.59 Å². The first kappa shape index (κ1) is 19.4. The summed E-state index contributed by atoms with van der Waals surface area (Å²) in [5.41, 5.74) is 4.19. The number of benzene rings is 1. The minimum atomic E-state index is -0.0855. The van der Waals surface area contributed by atoms with E-state index in [4.69, 9.17) is 0 Å². The van der Waals surface area contributed by atoms with Crippen molar-refractivity contribution in [2.24, 2.45) is 5.92 Å². The SMILES string of the molecule is Cc1cc(C)c(NC(=O)CN(C)CC(=O)N2CCC(C)CC2)c(C)c1. The zero-order chi connectivity index (χ0) is 18.6. The lowest BCUT2D eigenvalue weighted by molar-refractivity contribution is -0.133. The fourth-order valence-corrected chi connectivity index (χ4v) is 3.45. The highest BCUT2D eigenvalue weighted by Crippen LogP contribution is 2.21. The summed E-state index contributed by atoms with van der Waals surface area (Å²) in [6.07, 6.45) is 2.14. The van der Waals surface area contributed by atoms with E-state index in [-0.39, 0.29) is 24.9 Å². The number of nitrogens with zero attached hydrogens (tertiary/aromatic N) is 2. The summed E-state index contributed by atoms with van der Waals surface area (Å²) < 4.78 is 0. The van der Waals surface area contributed by atoms with Gasteiger partial charge in [0.05, 0.1) is 13.1 Å². The van der Waals surface area contributed by atoms with Crippen molar-refractivity contribution in [2.45, 2.75) is 40.5 Å². The van der Waals surface area contributed by atoms with Crippen LogP contribution >= 0.6 is 0 Å². The maximum atomic E-state index is 12.4. The van der Waals surface area contributed by atoms with E-state index in [0.29, 0.717) is 5.92 Å². The van der Waals surface area contributed by atoms with Gasteiger partial charge in [-0.3, -0.25) is 14.5 Å². The van der Waals surface area contributed by atoms with E-state index in [1.807, 2.05) is 32.7 Å². The third-order valence-corrected chi connectivity index (χ3v) is 4.90. The summed E-state index contributed by atoms with van der Waals surface area (Å²) in [5, 5.41) is 2.99. The Labute approximate surface area is 151 Å². The number of carbonyl (C=O) groups is 2. The number of rotatable bonds is 5. The van der Waals surface area contributed by atoms with Gasteiger partial charge in [-0.1, -0.05) is 24.6 Å². The summed E-state index contributed by atoms with van der Waals surface area (Å²) in [6, 6.07) is 4.13. The molecule has 2 amide bonds. The molecule has 2 rings (SSSR count). The number of hydrogen-bond acceptors (Lipinski definition) is 3. The van der Waals surface area contributed by atoms with Crippen LogP contribution in [0.25, 0.3) is 0 Å². The van der Waals surface area contributed by atoms with Crippen LogP contribution in [0, 0.1) is 26.7 Å². The Kier molecular flexibility index (Phi) is 6.59. The first-order valence-corrected chi connectivity index (χ1v) is 9.10. The molecule has 1 N–H and O–H groups in total. The zero-order valence-electron chi connectivity index (χ0n) is 16.2. The second kappa shape index (κ2) is 8.48. The van der Waals surface area contributed by atoms with Crippen LogP contribution in [0.2, 0.25) is 0 Å². The lowest BCUT2D eigenvalue weighted by Gasteiger charge is -2.31. The van der Waals surface area contributed by atoms with Gasteiger partial charge in [0.2, 0.25) is 11.8 Å². The van der Waals surface area contributed by atoms with E-state index in [2.05, 4.69) is 24.4 Å². The summed E-state index contributed by atoms with van der Waals surface area (Å²) in [4.78, 5) is 28.4. The molecule has 1 saturated heterocycles. The molecule has 0 atom stereocenters. The molecule has 0 saturated carbocycles. The molecule has 0 unspecified atom stereocenters.